The molecule has 7 nitrogen and oxygen atoms in total. The van der Waals surface area contributed by atoms with Crippen LogP contribution in [0.5, 0.6) is 0 Å². The Balaban J connectivity index is 0. The summed E-state index contributed by atoms with van der Waals surface area (Å²) < 4.78 is 19.5. The van der Waals surface area contributed by atoms with Gasteiger partial charge in [0.25, 0.3) is 0 Å². The van der Waals surface area contributed by atoms with E-state index in [0.29, 0.717) is 26.4 Å². The molecular formula is C10H20O7. The molecule has 0 aliphatic carbocycles. The first kappa shape index (κ1) is 18.2. The van der Waals surface area contributed by atoms with Crippen LogP contribution in [0.4, 0.5) is 0 Å². The van der Waals surface area contributed by atoms with E-state index in [1.54, 1.807) is 0 Å². The molecule has 0 aromatic heterocycles. The van der Waals surface area contributed by atoms with Crippen LogP contribution in [0.15, 0.2) is 0 Å². The summed E-state index contributed by atoms with van der Waals surface area (Å²) in [4.78, 5) is 20.7. The normalized spacial score (nSPS) is 9.29. The lowest BCUT2D eigenvalue weighted by Gasteiger charge is -2.06. The van der Waals surface area contributed by atoms with Crippen LogP contribution >= 0.6 is 0 Å². The smallest absolute Gasteiger partial charge is 0.302 e. The number of hydrogen-bond donors (Lipinski definition) is 0. The third kappa shape index (κ3) is 17.4. The highest BCUT2D eigenvalue weighted by molar-refractivity contribution is 5.66. The van der Waals surface area contributed by atoms with E-state index in [0.717, 1.165) is 0 Å². The number of carbonyl (C=O) groups excluding carboxylic acids is 2. The van der Waals surface area contributed by atoms with Gasteiger partial charge in [0, 0.05) is 13.8 Å². The van der Waals surface area contributed by atoms with Crippen LogP contribution in [0, 0.1) is 0 Å². The monoisotopic (exact) mass is 252 g/mol. The van der Waals surface area contributed by atoms with E-state index in [9.17, 15) is 9.59 Å². The van der Waals surface area contributed by atoms with Crippen LogP contribution in [-0.2, 0) is 28.5 Å². The molecule has 0 bridgehead atoms. The third-order valence-corrected chi connectivity index (χ3v) is 1.44. The number of ether oxygens (including phenoxy) is 4. The van der Waals surface area contributed by atoms with Crippen molar-refractivity contribution in [2.75, 3.05) is 39.6 Å². The molecule has 102 valence electrons. The second-order valence-corrected chi connectivity index (χ2v) is 2.90. The van der Waals surface area contributed by atoms with Gasteiger partial charge in [0.2, 0.25) is 0 Å². The molecule has 0 aromatic carbocycles. The Morgan fingerprint density at radius 2 is 1.00 bits per heavy atom. The van der Waals surface area contributed by atoms with Gasteiger partial charge in [0.05, 0.1) is 26.4 Å². The molecule has 7 heteroatoms. The fourth-order valence-corrected chi connectivity index (χ4v) is 0.811. The summed E-state index contributed by atoms with van der Waals surface area (Å²) in [5, 5.41) is 0. The lowest BCUT2D eigenvalue weighted by molar-refractivity contribution is -0.144. The molecule has 0 aliphatic heterocycles. The highest BCUT2D eigenvalue weighted by Gasteiger charge is 1.94. The van der Waals surface area contributed by atoms with Crippen molar-refractivity contribution in [3.8, 4) is 0 Å². The highest BCUT2D eigenvalue weighted by Crippen LogP contribution is 1.83. The molecule has 0 rings (SSSR count). The fourth-order valence-electron chi connectivity index (χ4n) is 0.811. The summed E-state index contributed by atoms with van der Waals surface area (Å²) in [5.74, 6) is -0.637. The van der Waals surface area contributed by atoms with Gasteiger partial charge >= 0.3 is 11.9 Å². The molecule has 0 saturated heterocycles. The third-order valence-electron chi connectivity index (χ3n) is 1.44. The van der Waals surface area contributed by atoms with Crippen LogP contribution in [0.25, 0.3) is 0 Å². The molecule has 0 aliphatic rings. The Bertz CT molecular complexity index is 183. The molecular weight excluding hydrogens is 232 g/mol. The zero-order chi connectivity index (χ0) is 12.2. The minimum Gasteiger partial charge on any atom is -0.463 e. The second-order valence-electron chi connectivity index (χ2n) is 2.90. The molecule has 0 fully saturated rings. The zero-order valence-electron chi connectivity index (χ0n) is 10.2. The van der Waals surface area contributed by atoms with Crippen molar-refractivity contribution in [3.05, 3.63) is 0 Å². The van der Waals surface area contributed by atoms with Gasteiger partial charge in [0.15, 0.2) is 0 Å². The van der Waals surface area contributed by atoms with E-state index in [-0.39, 0.29) is 30.6 Å². The lowest BCUT2D eigenvalue weighted by atomic mass is 10.7. The second kappa shape index (κ2) is 12.9. The maximum atomic E-state index is 10.4. The average Bonchev–Trinajstić information content (AvgIpc) is 2.20. The summed E-state index contributed by atoms with van der Waals surface area (Å²) in [6, 6.07) is 0. The fraction of sp³-hybridized carbons (Fsp3) is 0.800. The Morgan fingerprint density at radius 1 is 0.706 bits per heavy atom. The molecule has 17 heavy (non-hydrogen) atoms. The SMILES string of the molecule is CC(=O)OCCOCCOCCOC(C)=O.O. The Hall–Kier alpha value is -1.18. The van der Waals surface area contributed by atoms with Gasteiger partial charge in [-0.05, 0) is 0 Å². The standard InChI is InChI=1S/C10H18O6.H2O/c1-9(11)15-7-5-13-3-4-14-6-8-16-10(2)12;/h3-8H2,1-2H3;1H2. The van der Waals surface area contributed by atoms with Gasteiger partial charge in [-0.2, -0.15) is 0 Å². The Labute approximate surface area is 100 Å². The summed E-state index contributed by atoms with van der Waals surface area (Å²) >= 11 is 0. The molecule has 0 atom stereocenters. The van der Waals surface area contributed by atoms with Crippen molar-refractivity contribution in [1.29, 1.82) is 0 Å². The van der Waals surface area contributed by atoms with E-state index >= 15 is 0 Å². The van der Waals surface area contributed by atoms with Gasteiger partial charge in [-0.3, -0.25) is 9.59 Å². The van der Waals surface area contributed by atoms with Crippen molar-refractivity contribution in [1.82, 2.24) is 0 Å². The molecule has 0 heterocycles. The first-order valence-corrected chi connectivity index (χ1v) is 5.05. The summed E-state index contributed by atoms with van der Waals surface area (Å²) in [6.07, 6.45) is 0. The first-order chi connectivity index (χ1) is 7.63. The van der Waals surface area contributed by atoms with Crippen LogP contribution in [0.2, 0.25) is 0 Å². The predicted octanol–water partition coefficient (Wildman–Crippen LogP) is -0.679. The van der Waals surface area contributed by atoms with Gasteiger partial charge in [-0.25, -0.2) is 0 Å². The summed E-state index contributed by atoms with van der Waals surface area (Å²) in [5.41, 5.74) is 0. The molecule has 0 unspecified atom stereocenters. The predicted molar refractivity (Wildman–Crippen MR) is 58.5 cm³/mol. The van der Waals surface area contributed by atoms with E-state index in [1.165, 1.54) is 13.8 Å². The van der Waals surface area contributed by atoms with Crippen LogP contribution in [0.3, 0.4) is 0 Å². The largest absolute Gasteiger partial charge is 0.463 e. The van der Waals surface area contributed by atoms with E-state index in [4.69, 9.17) is 9.47 Å². The minimum atomic E-state index is -0.318. The average molecular weight is 252 g/mol. The molecule has 0 amide bonds. The van der Waals surface area contributed by atoms with Crippen molar-refractivity contribution >= 4 is 11.9 Å². The van der Waals surface area contributed by atoms with E-state index in [1.807, 2.05) is 0 Å². The van der Waals surface area contributed by atoms with Crippen molar-refractivity contribution in [2.24, 2.45) is 0 Å². The summed E-state index contributed by atoms with van der Waals surface area (Å²) in [7, 11) is 0. The van der Waals surface area contributed by atoms with Gasteiger partial charge < -0.3 is 24.4 Å². The quantitative estimate of drug-likeness (QED) is 0.398. The van der Waals surface area contributed by atoms with Gasteiger partial charge in [-0.15, -0.1) is 0 Å². The first-order valence-electron chi connectivity index (χ1n) is 5.05. The van der Waals surface area contributed by atoms with Gasteiger partial charge in [-0.1, -0.05) is 0 Å². The molecule has 2 N–H and O–H groups in total. The number of esters is 2. The van der Waals surface area contributed by atoms with Crippen LogP contribution in [-0.4, -0.2) is 57.1 Å². The number of carbonyl (C=O) groups is 2. The van der Waals surface area contributed by atoms with Crippen molar-refractivity contribution < 1.29 is 34.0 Å². The summed E-state index contributed by atoms with van der Waals surface area (Å²) in [6.45, 7) is 4.74. The Kier molecular flexibility index (Phi) is 13.8. The zero-order valence-corrected chi connectivity index (χ0v) is 10.2. The number of rotatable bonds is 9. The molecule has 0 saturated carbocycles. The van der Waals surface area contributed by atoms with Crippen LogP contribution in [0.1, 0.15) is 13.8 Å². The number of hydrogen-bond acceptors (Lipinski definition) is 6. The molecule has 0 aromatic rings. The van der Waals surface area contributed by atoms with Crippen molar-refractivity contribution in [3.63, 3.8) is 0 Å². The van der Waals surface area contributed by atoms with E-state index in [2.05, 4.69) is 9.47 Å². The lowest BCUT2D eigenvalue weighted by Crippen LogP contribution is -2.13. The van der Waals surface area contributed by atoms with E-state index < -0.39 is 0 Å². The minimum absolute atomic E-state index is 0. The van der Waals surface area contributed by atoms with Crippen molar-refractivity contribution in [2.45, 2.75) is 13.8 Å². The maximum absolute atomic E-state index is 10.4. The highest BCUT2D eigenvalue weighted by atomic mass is 16.6. The molecule has 0 spiro atoms. The maximum Gasteiger partial charge on any atom is 0.302 e. The Morgan fingerprint density at radius 3 is 1.29 bits per heavy atom. The topological polar surface area (TPSA) is 103 Å². The molecule has 0 radical (unpaired) electrons. The van der Waals surface area contributed by atoms with Crippen LogP contribution < -0.4 is 0 Å². The van der Waals surface area contributed by atoms with Gasteiger partial charge in [0.1, 0.15) is 13.2 Å².